The van der Waals surface area contributed by atoms with Gasteiger partial charge in [0.25, 0.3) is 0 Å². The van der Waals surface area contributed by atoms with Crippen molar-refractivity contribution in [3.05, 3.63) is 22.7 Å². The maximum Gasteiger partial charge on any atom is 0.138 e. The molecule has 0 aromatic heterocycles. The minimum atomic E-state index is -0.128. The number of ether oxygens (including phenoxy) is 2. The van der Waals surface area contributed by atoms with Crippen molar-refractivity contribution in [2.24, 2.45) is 0 Å². The first kappa shape index (κ1) is 12.5. The van der Waals surface area contributed by atoms with Crippen molar-refractivity contribution < 1.29 is 9.47 Å². The van der Waals surface area contributed by atoms with E-state index in [0.29, 0.717) is 10.8 Å². The fourth-order valence-electron chi connectivity index (χ4n) is 2.49. The van der Waals surface area contributed by atoms with E-state index >= 15 is 0 Å². The molecule has 1 heterocycles. The summed E-state index contributed by atoms with van der Waals surface area (Å²) >= 11 is 6.42. The van der Waals surface area contributed by atoms with Gasteiger partial charge in [0.05, 0.1) is 19.2 Å². The van der Waals surface area contributed by atoms with Crippen LogP contribution >= 0.6 is 11.6 Å². The van der Waals surface area contributed by atoms with Gasteiger partial charge in [0.15, 0.2) is 0 Å². The molecule has 1 saturated heterocycles. The number of benzene rings is 1. The normalized spacial score (nSPS) is 23.8. The van der Waals surface area contributed by atoms with E-state index in [1.165, 1.54) is 0 Å². The zero-order valence-electron chi connectivity index (χ0n) is 10.5. The predicted octanol–water partition coefficient (Wildman–Crippen LogP) is 2.96. The summed E-state index contributed by atoms with van der Waals surface area (Å²) in [6.07, 6.45) is 2.20. The zero-order chi connectivity index (χ0) is 12.5. The van der Waals surface area contributed by atoms with Crippen molar-refractivity contribution in [2.45, 2.75) is 25.3 Å². The quantitative estimate of drug-likeness (QED) is 0.901. The molecule has 4 heteroatoms. The number of rotatable bonds is 3. The predicted molar refractivity (Wildman–Crippen MR) is 69.1 cm³/mol. The summed E-state index contributed by atoms with van der Waals surface area (Å²) in [5, 5.41) is 4.14. The van der Waals surface area contributed by atoms with Gasteiger partial charge in [-0.1, -0.05) is 11.6 Å². The molecule has 1 unspecified atom stereocenters. The van der Waals surface area contributed by atoms with Crippen LogP contribution in [-0.2, 0) is 5.54 Å². The van der Waals surface area contributed by atoms with E-state index < -0.39 is 0 Å². The van der Waals surface area contributed by atoms with Crippen LogP contribution in [0.3, 0.4) is 0 Å². The van der Waals surface area contributed by atoms with Crippen LogP contribution in [0.4, 0.5) is 0 Å². The molecule has 1 aromatic rings. The summed E-state index contributed by atoms with van der Waals surface area (Å²) in [4.78, 5) is 0. The molecule has 0 aliphatic carbocycles. The Bertz CT molecular complexity index is 414. The van der Waals surface area contributed by atoms with Gasteiger partial charge in [0.2, 0.25) is 0 Å². The summed E-state index contributed by atoms with van der Waals surface area (Å²) in [6, 6.07) is 3.74. The van der Waals surface area contributed by atoms with Gasteiger partial charge < -0.3 is 14.8 Å². The summed E-state index contributed by atoms with van der Waals surface area (Å²) < 4.78 is 10.7. The third-order valence-electron chi connectivity index (χ3n) is 3.43. The van der Waals surface area contributed by atoms with E-state index in [0.717, 1.165) is 30.7 Å². The average Bonchev–Trinajstić information content (AvgIpc) is 2.76. The highest BCUT2D eigenvalue weighted by atomic mass is 35.5. The van der Waals surface area contributed by atoms with Crippen LogP contribution in [-0.4, -0.2) is 20.8 Å². The number of hydrogen-bond acceptors (Lipinski definition) is 3. The third kappa shape index (κ3) is 2.09. The summed E-state index contributed by atoms with van der Waals surface area (Å²) in [5.41, 5.74) is 0.871. The van der Waals surface area contributed by atoms with Gasteiger partial charge in [-0.05, 0) is 38.4 Å². The van der Waals surface area contributed by atoms with Crippen LogP contribution in [0.5, 0.6) is 11.5 Å². The van der Waals surface area contributed by atoms with Gasteiger partial charge >= 0.3 is 0 Å². The average molecular weight is 256 g/mol. The Hall–Kier alpha value is -0.930. The molecule has 0 spiro atoms. The molecular weight excluding hydrogens is 238 g/mol. The second-order valence-electron chi connectivity index (χ2n) is 4.52. The zero-order valence-corrected chi connectivity index (χ0v) is 11.2. The van der Waals surface area contributed by atoms with E-state index in [-0.39, 0.29) is 5.54 Å². The standard InChI is InChI=1S/C13H18ClNO2/c1-13(7-4-8-15-13)11-9(16-2)5-6-10(17-3)12(11)14/h5-6,15H,4,7-8H2,1-3H3. The van der Waals surface area contributed by atoms with Gasteiger partial charge in [-0.25, -0.2) is 0 Å². The highest BCUT2D eigenvalue weighted by Crippen LogP contribution is 2.44. The first-order valence-electron chi connectivity index (χ1n) is 5.78. The van der Waals surface area contributed by atoms with Crippen LogP contribution in [0, 0.1) is 0 Å². The number of nitrogens with one attached hydrogen (secondary N) is 1. The first-order chi connectivity index (χ1) is 8.12. The van der Waals surface area contributed by atoms with Gasteiger partial charge in [-0.15, -0.1) is 0 Å². The molecule has 1 aliphatic rings. The van der Waals surface area contributed by atoms with Gasteiger partial charge in [0.1, 0.15) is 11.5 Å². The van der Waals surface area contributed by atoms with Crippen LogP contribution in [0.25, 0.3) is 0 Å². The van der Waals surface area contributed by atoms with Gasteiger partial charge in [0, 0.05) is 11.1 Å². The molecule has 0 amide bonds. The van der Waals surface area contributed by atoms with Crippen molar-refractivity contribution in [3.8, 4) is 11.5 Å². The summed E-state index contributed by atoms with van der Waals surface area (Å²) in [6.45, 7) is 3.16. The number of halogens is 1. The fourth-order valence-corrected chi connectivity index (χ4v) is 2.93. The number of methoxy groups -OCH3 is 2. The monoisotopic (exact) mass is 255 g/mol. The highest BCUT2D eigenvalue weighted by Gasteiger charge is 2.35. The molecule has 1 atom stereocenters. The maximum absolute atomic E-state index is 6.42. The molecular formula is C13H18ClNO2. The van der Waals surface area contributed by atoms with Crippen LogP contribution in [0.1, 0.15) is 25.3 Å². The van der Waals surface area contributed by atoms with Crippen molar-refractivity contribution in [1.82, 2.24) is 5.32 Å². The van der Waals surface area contributed by atoms with Crippen LogP contribution < -0.4 is 14.8 Å². The van der Waals surface area contributed by atoms with Crippen molar-refractivity contribution in [2.75, 3.05) is 20.8 Å². The van der Waals surface area contributed by atoms with E-state index in [9.17, 15) is 0 Å². The second kappa shape index (κ2) is 4.75. The first-order valence-corrected chi connectivity index (χ1v) is 6.16. The maximum atomic E-state index is 6.42. The Morgan fingerprint density at radius 3 is 2.41 bits per heavy atom. The molecule has 0 radical (unpaired) electrons. The molecule has 1 aromatic carbocycles. The lowest BCUT2D eigenvalue weighted by Gasteiger charge is -2.28. The van der Waals surface area contributed by atoms with Gasteiger partial charge in [-0.2, -0.15) is 0 Å². The Kier molecular flexibility index (Phi) is 3.50. The fraction of sp³-hybridized carbons (Fsp3) is 0.538. The molecule has 94 valence electrons. The van der Waals surface area contributed by atoms with Crippen molar-refractivity contribution in [1.29, 1.82) is 0 Å². The highest BCUT2D eigenvalue weighted by molar-refractivity contribution is 6.33. The molecule has 1 fully saturated rings. The lowest BCUT2D eigenvalue weighted by atomic mass is 9.89. The Labute approximate surface area is 107 Å². The minimum Gasteiger partial charge on any atom is -0.496 e. The summed E-state index contributed by atoms with van der Waals surface area (Å²) in [7, 11) is 3.29. The van der Waals surface area contributed by atoms with E-state index in [4.69, 9.17) is 21.1 Å². The minimum absolute atomic E-state index is 0.128. The number of hydrogen-bond donors (Lipinski definition) is 1. The lowest BCUT2D eigenvalue weighted by molar-refractivity contribution is 0.364. The van der Waals surface area contributed by atoms with Gasteiger partial charge in [-0.3, -0.25) is 0 Å². The van der Waals surface area contributed by atoms with E-state index in [1.807, 2.05) is 12.1 Å². The Morgan fingerprint density at radius 2 is 1.88 bits per heavy atom. The van der Waals surface area contributed by atoms with E-state index in [2.05, 4.69) is 12.2 Å². The molecule has 17 heavy (non-hydrogen) atoms. The topological polar surface area (TPSA) is 30.5 Å². The van der Waals surface area contributed by atoms with Crippen LogP contribution in [0.2, 0.25) is 5.02 Å². The molecule has 1 N–H and O–H groups in total. The van der Waals surface area contributed by atoms with E-state index in [1.54, 1.807) is 14.2 Å². The second-order valence-corrected chi connectivity index (χ2v) is 4.90. The SMILES string of the molecule is COc1ccc(OC)c(C2(C)CCCN2)c1Cl. The largest absolute Gasteiger partial charge is 0.496 e. The lowest BCUT2D eigenvalue weighted by Crippen LogP contribution is -2.34. The van der Waals surface area contributed by atoms with Crippen LogP contribution in [0.15, 0.2) is 12.1 Å². The third-order valence-corrected chi connectivity index (χ3v) is 3.80. The van der Waals surface area contributed by atoms with Crippen molar-refractivity contribution in [3.63, 3.8) is 0 Å². The smallest absolute Gasteiger partial charge is 0.138 e. The molecule has 0 saturated carbocycles. The Morgan fingerprint density at radius 1 is 1.24 bits per heavy atom. The van der Waals surface area contributed by atoms with Crippen molar-refractivity contribution >= 4 is 11.6 Å². The summed E-state index contributed by atoms with van der Waals surface area (Å²) in [5.74, 6) is 1.50. The molecule has 0 bridgehead atoms. The molecule has 1 aliphatic heterocycles. The Balaban J connectivity index is 2.56. The molecule has 3 nitrogen and oxygen atoms in total. The molecule has 2 rings (SSSR count).